The summed E-state index contributed by atoms with van der Waals surface area (Å²) in [4.78, 5) is 4.39. The third kappa shape index (κ3) is 3.55. The van der Waals surface area contributed by atoms with Gasteiger partial charge in [0.15, 0.2) is 5.82 Å². The third-order valence-corrected chi connectivity index (χ3v) is 3.99. The smallest absolute Gasteiger partial charge is 0.164 e. The average molecular weight is 250 g/mol. The van der Waals surface area contributed by atoms with E-state index in [1.54, 1.807) is 0 Å². The van der Waals surface area contributed by atoms with E-state index in [2.05, 4.69) is 40.9 Å². The molecule has 0 spiro atoms. The van der Waals surface area contributed by atoms with Gasteiger partial charge in [-0.15, -0.1) is 0 Å². The fraction of sp³-hybridized carbons (Fsp3) is 0.857. The summed E-state index contributed by atoms with van der Waals surface area (Å²) in [6, 6.07) is 1.06. The Morgan fingerprint density at radius 1 is 1.33 bits per heavy atom. The molecule has 2 rings (SSSR count). The summed E-state index contributed by atoms with van der Waals surface area (Å²) in [7, 11) is 0. The first kappa shape index (κ1) is 13.5. The van der Waals surface area contributed by atoms with Gasteiger partial charge in [-0.3, -0.25) is 0 Å². The first-order chi connectivity index (χ1) is 8.69. The first-order valence-electron chi connectivity index (χ1n) is 7.32. The second kappa shape index (κ2) is 6.32. The second-order valence-corrected chi connectivity index (χ2v) is 5.76. The molecule has 0 unspecified atom stereocenters. The fourth-order valence-corrected chi connectivity index (χ4v) is 2.68. The van der Waals surface area contributed by atoms with E-state index in [0.717, 1.165) is 18.3 Å². The monoisotopic (exact) mass is 250 g/mol. The van der Waals surface area contributed by atoms with Gasteiger partial charge in [0, 0.05) is 6.04 Å². The van der Waals surface area contributed by atoms with Crippen molar-refractivity contribution < 1.29 is 0 Å². The van der Waals surface area contributed by atoms with E-state index in [-0.39, 0.29) is 0 Å². The Morgan fingerprint density at radius 3 is 2.67 bits per heavy atom. The summed E-state index contributed by atoms with van der Waals surface area (Å²) >= 11 is 0. The molecule has 1 N–H and O–H groups in total. The number of hydrogen-bond donors (Lipinski definition) is 1. The standard InChI is InChI=1S/C14H26N4/c1-4-12-5-7-13(8-6-12)18-10-16-14(17-18)9-15-11(2)3/h10-13,15H,4-9H2,1-3H3. The highest BCUT2D eigenvalue weighted by Gasteiger charge is 2.22. The van der Waals surface area contributed by atoms with Gasteiger partial charge < -0.3 is 5.32 Å². The molecule has 0 saturated heterocycles. The van der Waals surface area contributed by atoms with E-state index in [4.69, 9.17) is 0 Å². The minimum Gasteiger partial charge on any atom is -0.308 e. The van der Waals surface area contributed by atoms with Crippen LogP contribution in [0.5, 0.6) is 0 Å². The van der Waals surface area contributed by atoms with Crippen molar-refractivity contribution in [3.63, 3.8) is 0 Å². The summed E-state index contributed by atoms with van der Waals surface area (Å²) in [6.07, 6.45) is 8.46. The number of aromatic nitrogens is 3. The summed E-state index contributed by atoms with van der Waals surface area (Å²) in [5.41, 5.74) is 0. The van der Waals surface area contributed by atoms with Crippen LogP contribution >= 0.6 is 0 Å². The van der Waals surface area contributed by atoms with Gasteiger partial charge in [0.05, 0.1) is 12.6 Å². The van der Waals surface area contributed by atoms with Gasteiger partial charge in [0.25, 0.3) is 0 Å². The van der Waals surface area contributed by atoms with Crippen LogP contribution in [0.4, 0.5) is 0 Å². The van der Waals surface area contributed by atoms with Crippen molar-refractivity contribution in [1.82, 2.24) is 20.1 Å². The van der Waals surface area contributed by atoms with Crippen molar-refractivity contribution in [2.24, 2.45) is 5.92 Å². The largest absolute Gasteiger partial charge is 0.308 e. The minimum atomic E-state index is 0.483. The van der Waals surface area contributed by atoms with Crippen LogP contribution in [0.2, 0.25) is 0 Å². The molecule has 0 amide bonds. The van der Waals surface area contributed by atoms with Gasteiger partial charge in [-0.25, -0.2) is 9.67 Å². The molecule has 1 fully saturated rings. The molecule has 1 saturated carbocycles. The summed E-state index contributed by atoms with van der Waals surface area (Å²) in [6.45, 7) is 7.36. The van der Waals surface area contributed by atoms with Crippen molar-refractivity contribution >= 4 is 0 Å². The zero-order chi connectivity index (χ0) is 13.0. The zero-order valence-electron chi connectivity index (χ0n) is 11.9. The van der Waals surface area contributed by atoms with Crippen molar-refractivity contribution in [3.05, 3.63) is 12.2 Å². The average Bonchev–Trinajstić information content (AvgIpc) is 2.85. The quantitative estimate of drug-likeness (QED) is 0.873. The lowest BCUT2D eigenvalue weighted by molar-refractivity contribution is 0.255. The van der Waals surface area contributed by atoms with Crippen molar-refractivity contribution in [3.8, 4) is 0 Å². The van der Waals surface area contributed by atoms with Gasteiger partial charge in [-0.1, -0.05) is 27.2 Å². The number of hydrogen-bond acceptors (Lipinski definition) is 3. The maximum atomic E-state index is 4.60. The van der Waals surface area contributed by atoms with Gasteiger partial charge in [-0.05, 0) is 31.6 Å². The molecule has 1 aliphatic carbocycles. The third-order valence-electron chi connectivity index (χ3n) is 3.99. The van der Waals surface area contributed by atoms with E-state index in [0.29, 0.717) is 12.1 Å². The molecular weight excluding hydrogens is 224 g/mol. The Bertz CT molecular complexity index is 350. The molecule has 0 aromatic carbocycles. The van der Waals surface area contributed by atoms with Crippen LogP contribution in [-0.2, 0) is 6.54 Å². The van der Waals surface area contributed by atoms with E-state index < -0.39 is 0 Å². The molecule has 0 aliphatic heterocycles. The lowest BCUT2D eigenvalue weighted by Gasteiger charge is -2.27. The zero-order valence-corrected chi connectivity index (χ0v) is 11.9. The summed E-state index contributed by atoms with van der Waals surface area (Å²) in [5.74, 6) is 1.85. The topological polar surface area (TPSA) is 42.7 Å². The normalized spacial score (nSPS) is 24.7. The van der Waals surface area contributed by atoms with Crippen molar-refractivity contribution in [2.45, 2.75) is 71.5 Å². The molecule has 0 radical (unpaired) electrons. The first-order valence-corrected chi connectivity index (χ1v) is 7.32. The maximum absolute atomic E-state index is 4.60. The predicted molar refractivity (Wildman–Crippen MR) is 73.3 cm³/mol. The molecule has 4 nitrogen and oxygen atoms in total. The molecule has 1 heterocycles. The maximum Gasteiger partial charge on any atom is 0.164 e. The Balaban J connectivity index is 1.86. The highest BCUT2D eigenvalue weighted by atomic mass is 15.3. The van der Waals surface area contributed by atoms with Crippen LogP contribution in [0.1, 0.15) is 64.7 Å². The molecule has 0 bridgehead atoms. The second-order valence-electron chi connectivity index (χ2n) is 5.76. The van der Waals surface area contributed by atoms with Crippen LogP contribution in [0.3, 0.4) is 0 Å². The van der Waals surface area contributed by atoms with Crippen LogP contribution in [0.25, 0.3) is 0 Å². The number of rotatable bonds is 5. The molecule has 4 heteroatoms. The molecule has 0 atom stereocenters. The molecule has 1 aromatic rings. The van der Waals surface area contributed by atoms with Crippen LogP contribution < -0.4 is 5.32 Å². The van der Waals surface area contributed by atoms with Gasteiger partial charge >= 0.3 is 0 Å². The van der Waals surface area contributed by atoms with Crippen LogP contribution in [0.15, 0.2) is 6.33 Å². The number of nitrogens with zero attached hydrogens (tertiary/aromatic N) is 3. The SMILES string of the molecule is CCC1CCC(n2cnc(CNC(C)C)n2)CC1. The number of nitrogens with one attached hydrogen (secondary N) is 1. The van der Waals surface area contributed by atoms with Crippen molar-refractivity contribution in [1.29, 1.82) is 0 Å². The van der Waals surface area contributed by atoms with E-state index in [9.17, 15) is 0 Å². The summed E-state index contributed by atoms with van der Waals surface area (Å²) in [5, 5.41) is 7.96. The highest BCUT2D eigenvalue weighted by Crippen LogP contribution is 2.32. The van der Waals surface area contributed by atoms with Gasteiger partial charge in [0.2, 0.25) is 0 Å². The van der Waals surface area contributed by atoms with Gasteiger partial charge in [0.1, 0.15) is 6.33 Å². The predicted octanol–water partition coefficient (Wildman–Crippen LogP) is 2.92. The van der Waals surface area contributed by atoms with E-state index in [1.165, 1.54) is 32.1 Å². The Morgan fingerprint density at radius 2 is 2.06 bits per heavy atom. The summed E-state index contributed by atoms with van der Waals surface area (Å²) < 4.78 is 2.09. The van der Waals surface area contributed by atoms with E-state index >= 15 is 0 Å². The van der Waals surface area contributed by atoms with E-state index in [1.807, 2.05) is 6.33 Å². The Labute approximate surface area is 110 Å². The molecular formula is C14H26N4. The molecule has 18 heavy (non-hydrogen) atoms. The van der Waals surface area contributed by atoms with Crippen LogP contribution in [0, 0.1) is 5.92 Å². The lowest BCUT2D eigenvalue weighted by Crippen LogP contribution is -2.23. The Kier molecular flexibility index (Phi) is 4.75. The lowest BCUT2D eigenvalue weighted by atomic mass is 9.85. The molecule has 102 valence electrons. The van der Waals surface area contributed by atoms with Crippen LogP contribution in [-0.4, -0.2) is 20.8 Å². The fourth-order valence-electron chi connectivity index (χ4n) is 2.68. The highest BCUT2D eigenvalue weighted by molar-refractivity contribution is 4.85. The molecule has 1 aromatic heterocycles. The van der Waals surface area contributed by atoms with Crippen molar-refractivity contribution in [2.75, 3.05) is 0 Å². The van der Waals surface area contributed by atoms with Gasteiger partial charge in [-0.2, -0.15) is 5.10 Å². The molecule has 1 aliphatic rings. The minimum absolute atomic E-state index is 0.483. The Hall–Kier alpha value is -0.900.